The molecule has 0 spiro atoms. The third-order valence-electron chi connectivity index (χ3n) is 2.81. The van der Waals surface area contributed by atoms with Crippen molar-refractivity contribution in [3.63, 3.8) is 0 Å². The Labute approximate surface area is 113 Å². The van der Waals surface area contributed by atoms with Gasteiger partial charge in [-0.15, -0.1) is 0 Å². The molecule has 0 fully saturated rings. The molecule has 1 N–H and O–H groups in total. The highest BCUT2D eigenvalue weighted by atomic mass is 35.5. The third kappa shape index (κ3) is 2.66. The number of ether oxygens (including phenoxy) is 1. The molecule has 0 amide bonds. The van der Waals surface area contributed by atoms with Gasteiger partial charge in [0.25, 0.3) is 0 Å². The van der Waals surface area contributed by atoms with Crippen LogP contribution < -0.4 is 10.1 Å². The van der Waals surface area contributed by atoms with E-state index in [-0.39, 0.29) is 0 Å². The highest BCUT2D eigenvalue weighted by molar-refractivity contribution is 6.33. The van der Waals surface area contributed by atoms with Crippen molar-refractivity contribution in [2.75, 3.05) is 14.2 Å². The van der Waals surface area contributed by atoms with E-state index in [4.69, 9.17) is 16.3 Å². The van der Waals surface area contributed by atoms with Gasteiger partial charge < -0.3 is 10.1 Å². The maximum atomic E-state index is 6.28. The van der Waals surface area contributed by atoms with Crippen LogP contribution in [0.15, 0.2) is 42.5 Å². The summed E-state index contributed by atoms with van der Waals surface area (Å²) in [4.78, 5) is 0. The molecule has 0 saturated heterocycles. The van der Waals surface area contributed by atoms with E-state index in [9.17, 15) is 0 Å². The second kappa shape index (κ2) is 5.89. The van der Waals surface area contributed by atoms with E-state index < -0.39 is 0 Å². The molecule has 2 aromatic carbocycles. The standard InChI is InChI=1S/C15H16ClNO/c1-17-10-11-7-8-14(16)13(9-11)12-5-3-4-6-15(12)18-2/h3-9,17H,10H2,1-2H3. The first-order chi connectivity index (χ1) is 8.76. The van der Waals surface area contributed by atoms with Crippen LogP contribution in [0.2, 0.25) is 5.02 Å². The molecule has 0 saturated carbocycles. The Balaban J connectivity index is 2.51. The van der Waals surface area contributed by atoms with Crippen molar-refractivity contribution in [1.29, 1.82) is 0 Å². The molecule has 0 radical (unpaired) electrons. The van der Waals surface area contributed by atoms with E-state index >= 15 is 0 Å². The van der Waals surface area contributed by atoms with E-state index in [0.29, 0.717) is 0 Å². The first-order valence-corrected chi connectivity index (χ1v) is 6.20. The zero-order valence-electron chi connectivity index (χ0n) is 10.5. The number of halogens is 1. The second-order valence-electron chi connectivity index (χ2n) is 4.04. The lowest BCUT2D eigenvalue weighted by atomic mass is 10.0. The summed E-state index contributed by atoms with van der Waals surface area (Å²) in [6, 6.07) is 13.9. The maximum absolute atomic E-state index is 6.28. The molecular weight excluding hydrogens is 246 g/mol. The Morgan fingerprint density at radius 1 is 1.11 bits per heavy atom. The van der Waals surface area contributed by atoms with Crippen LogP contribution in [-0.2, 0) is 6.54 Å². The predicted molar refractivity (Wildman–Crippen MR) is 76.2 cm³/mol. The molecule has 94 valence electrons. The molecule has 2 rings (SSSR count). The third-order valence-corrected chi connectivity index (χ3v) is 3.14. The summed E-state index contributed by atoms with van der Waals surface area (Å²) in [6.07, 6.45) is 0. The predicted octanol–water partition coefficient (Wildman–Crippen LogP) is 3.74. The lowest BCUT2D eigenvalue weighted by Crippen LogP contribution is -2.04. The minimum atomic E-state index is 0.736. The van der Waals surface area contributed by atoms with Crippen molar-refractivity contribution in [3.8, 4) is 16.9 Å². The van der Waals surface area contributed by atoms with Crippen molar-refractivity contribution in [2.45, 2.75) is 6.54 Å². The first-order valence-electron chi connectivity index (χ1n) is 5.82. The summed E-state index contributed by atoms with van der Waals surface area (Å²) < 4.78 is 5.38. The van der Waals surface area contributed by atoms with Gasteiger partial charge >= 0.3 is 0 Å². The largest absolute Gasteiger partial charge is 0.496 e. The Kier molecular flexibility index (Phi) is 4.24. The van der Waals surface area contributed by atoms with Crippen LogP contribution in [0.25, 0.3) is 11.1 Å². The Bertz CT molecular complexity index is 540. The van der Waals surface area contributed by atoms with Crippen LogP contribution in [0.4, 0.5) is 0 Å². The molecule has 0 aromatic heterocycles. The number of rotatable bonds is 4. The molecule has 0 bridgehead atoms. The van der Waals surface area contributed by atoms with E-state index in [0.717, 1.165) is 28.4 Å². The minimum Gasteiger partial charge on any atom is -0.496 e. The summed E-state index contributed by atoms with van der Waals surface area (Å²) in [5.41, 5.74) is 3.22. The van der Waals surface area contributed by atoms with Crippen LogP contribution in [0.3, 0.4) is 0 Å². The molecule has 0 aliphatic carbocycles. The van der Waals surface area contributed by atoms with Crippen molar-refractivity contribution in [3.05, 3.63) is 53.1 Å². The Morgan fingerprint density at radius 3 is 2.61 bits per heavy atom. The second-order valence-corrected chi connectivity index (χ2v) is 4.45. The lowest BCUT2D eigenvalue weighted by Gasteiger charge is -2.11. The molecule has 0 atom stereocenters. The SMILES string of the molecule is CNCc1ccc(Cl)c(-c2ccccc2OC)c1. The van der Waals surface area contributed by atoms with Gasteiger partial charge in [0.05, 0.1) is 7.11 Å². The maximum Gasteiger partial charge on any atom is 0.126 e. The topological polar surface area (TPSA) is 21.3 Å². The van der Waals surface area contributed by atoms with Crippen molar-refractivity contribution in [1.82, 2.24) is 5.32 Å². The van der Waals surface area contributed by atoms with Crippen LogP contribution >= 0.6 is 11.6 Å². The fraction of sp³-hybridized carbons (Fsp3) is 0.200. The first kappa shape index (κ1) is 12.9. The molecule has 18 heavy (non-hydrogen) atoms. The minimum absolute atomic E-state index is 0.736. The highest BCUT2D eigenvalue weighted by Crippen LogP contribution is 2.35. The quantitative estimate of drug-likeness (QED) is 0.905. The summed E-state index contributed by atoms with van der Waals surface area (Å²) in [7, 11) is 3.60. The normalized spacial score (nSPS) is 10.4. The number of methoxy groups -OCH3 is 1. The number of para-hydroxylation sites is 1. The van der Waals surface area contributed by atoms with Gasteiger partial charge in [-0.25, -0.2) is 0 Å². The van der Waals surface area contributed by atoms with Gasteiger partial charge in [-0.1, -0.05) is 35.9 Å². The van der Waals surface area contributed by atoms with E-state index in [2.05, 4.69) is 11.4 Å². The van der Waals surface area contributed by atoms with Gasteiger partial charge in [-0.3, -0.25) is 0 Å². The van der Waals surface area contributed by atoms with Gasteiger partial charge in [-0.2, -0.15) is 0 Å². The molecule has 0 aliphatic rings. The number of hydrogen-bond acceptors (Lipinski definition) is 2. The Hall–Kier alpha value is -1.51. The highest BCUT2D eigenvalue weighted by Gasteiger charge is 2.09. The monoisotopic (exact) mass is 261 g/mol. The van der Waals surface area contributed by atoms with Crippen LogP contribution in [0.5, 0.6) is 5.75 Å². The molecule has 2 aromatic rings. The van der Waals surface area contributed by atoms with Gasteiger partial charge in [-0.05, 0) is 30.8 Å². The van der Waals surface area contributed by atoms with Gasteiger partial charge in [0.15, 0.2) is 0 Å². The lowest BCUT2D eigenvalue weighted by molar-refractivity contribution is 0.416. The average Bonchev–Trinajstić information content (AvgIpc) is 2.41. The molecular formula is C15H16ClNO. The molecule has 0 heterocycles. The molecule has 2 nitrogen and oxygen atoms in total. The smallest absolute Gasteiger partial charge is 0.126 e. The van der Waals surface area contributed by atoms with Crippen molar-refractivity contribution < 1.29 is 4.74 Å². The summed E-state index contributed by atoms with van der Waals surface area (Å²) in [6.45, 7) is 0.819. The number of hydrogen-bond donors (Lipinski definition) is 1. The van der Waals surface area contributed by atoms with Gasteiger partial charge in [0.1, 0.15) is 5.75 Å². The van der Waals surface area contributed by atoms with Crippen LogP contribution in [0, 0.1) is 0 Å². The van der Waals surface area contributed by atoms with Crippen LogP contribution in [-0.4, -0.2) is 14.2 Å². The fourth-order valence-electron chi connectivity index (χ4n) is 1.96. The van der Waals surface area contributed by atoms with E-state index in [1.807, 2.05) is 43.4 Å². The van der Waals surface area contributed by atoms with E-state index in [1.165, 1.54) is 5.56 Å². The Morgan fingerprint density at radius 2 is 1.89 bits per heavy atom. The molecule has 0 unspecified atom stereocenters. The van der Waals surface area contributed by atoms with Crippen molar-refractivity contribution in [2.24, 2.45) is 0 Å². The van der Waals surface area contributed by atoms with Gasteiger partial charge in [0, 0.05) is 22.7 Å². The summed E-state index contributed by atoms with van der Waals surface area (Å²) in [5.74, 6) is 0.834. The number of benzene rings is 2. The number of nitrogens with one attached hydrogen (secondary N) is 1. The van der Waals surface area contributed by atoms with Gasteiger partial charge in [0.2, 0.25) is 0 Å². The average molecular weight is 262 g/mol. The molecule has 0 aliphatic heterocycles. The van der Waals surface area contributed by atoms with Crippen molar-refractivity contribution >= 4 is 11.6 Å². The zero-order valence-corrected chi connectivity index (χ0v) is 11.3. The summed E-state index contributed by atoms with van der Waals surface area (Å²) in [5, 5.41) is 3.87. The summed E-state index contributed by atoms with van der Waals surface area (Å²) >= 11 is 6.28. The fourth-order valence-corrected chi connectivity index (χ4v) is 2.18. The molecule has 3 heteroatoms. The van der Waals surface area contributed by atoms with Crippen LogP contribution in [0.1, 0.15) is 5.56 Å². The zero-order chi connectivity index (χ0) is 13.0. The van der Waals surface area contributed by atoms with E-state index in [1.54, 1.807) is 7.11 Å².